The Morgan fingerprint density at radius 1 is 0.567 bits per heavy atom. The zero-order valence-electron chi connectivity index (χ0n) is 17.9. The normalized spacial score (nSPS) is 10.7. The number of rotatable bonds is 8. The number of hydrogen-bond donors (Lipinski definition) is 0. The molecule has 3 aromatic rings. The van der Waals surface area contributed by atoms with Crippen LogP contribution in [0.25, 0.3) is 23.3 Å². The molecule has 0 atom stereocenters. The van der Waals surface area contributed by atoms with Gasteiger partial charge in [-0.15, -0.1) is 0 Å². The fraction of sp³-hybridized carbons (Fsp3) is 0.200. The van der Waals surface area contributed by atoms with Crippen molar-refractivity contribution in [1.29, 1.82) is 0 Å². The topological polar surface area (TPSA) is 46.2 Å². The van der Waals surface area contributed by atoms with E-state index >= 15 is 0 Å². The Bertz CT molecular complexity index is 1010. The van der Waals surface area contributed by atoms with Gasteiger partial charge in [0, 0.05) is 5.56 Å². The molecule has 0 fully saturated rings. The fourth-order valence-corrected chi connectivity index (χ4v) is 3.26. The monoisotopic (exact) mass is 406 g/mol. The molecule has 0 amide bonds. The highest BCUT2D eigenvalue weighted by atomic mass is 16.5. The molecule has 5 heteroatoms. The molecule has 0 aliphatic carbocycles. The summed E-state index contributed by atoms with van der Waals surface area (Å²) in [6.45, 7) is 0. The molecule has 0 unspecified atom stereocenters. The molecule has 0 spiro atoms. The van der Waals surface area contributed by atoms with Crippen LogP contribution in [0.3, 0.4) is 0 Å². The van der Waals surface area contributed by atoms with Crippen LogP contribution in [0.5, 0.6) is 28.7 Å². The minimum absolute atomic E-state index is 0.549. The SMILES string of the molecule is COc1ccc(/C=C/c2cc(OC)c(OC)c(OC)c2-c2ccc(OC)cc2)cc1. The molecule has 0 saturated carbocycles. The van der Waals surface area contributed by atoms with Crippen molar-refractivity contribution in [2.24, 2.45) is 0 Å². The van der Waals surface area contributed by atoms with Crippen LogP contribution < -0.4 is 23.7 Å². The Morgan fingerprint density at radius 2 is 1.13 bits per heavy atom. The molecule has 0 heterocycles. The van der Waals surface area contributed by atoms with Crippen molar-refractivity contribution < 1.29 is 23.7 Å². The van der Waals surface area contributed by atoms with Gasteiger partial charge in [-0.05, 0) is 47.0 Å². The van der Waals surface area contributed by atoms with E-state index in [1.165, 1.54) is 0 Å². The largest absolute Gasteiger partial charge is 0.497 e. The number of methoxy groups -OCH3 is 5. The highest BCUT2D eigenvalue weighted by molar-refractivity contribution is 5.88. The first kappa shape index (κ1) is 21.1. The third-order valence-corrected chi connectivity index (χ3v) is 4.81. The van der Waals surface area contributed by atoms with Crippen LogP contribution in [0, 0.1) is 0 Å². The second-order valence-electron chi connectivity index (χ2n) is 6.44. The van der Waals surface area contributed by atoms with Gasteiger partial charge in [-0.1, -0.05) is 36.4 Å². The van der Waals surface area contributed by atoms with E-state index in [0.29, 0.717) is 17.2 Å². The van der Waals surface area contributed by atoms with E-state index in [1.807, 2.05) is 66.7 Å². The van der Waals surface area contributed by atoms with Crippen LogP contribution in [0.2, 0.25) is 0 Å². The molecule has 0 bridgehead atoms. The zero-order valence-corrected chi connectivity index (χ0v) is 17.9. The Balaban J connectivity index is 2.16. The van der Waals surface area contributed by atoms with E-state index in [0.717, 1.165) is 33.8 Å². The summed E-state index contributed by atoms with van der Waals surface area (Å²) in [4.78, 5) is 0. The van der Waals surface area contributed by atoms with Crippen LogP contribution in [0.15, 0.2) is 54.6 Å². The van der Waals surface area contributed by atoms with Crippen LogP contribution >= 0.6 is 0 Å². The third-order valence-electron chi connectivity index (χ3n) is 4.81. The van der Waals surface area contributed by atoms with E-state index in [9.17, 15) is 0 Å². The van der Waals surface area contributed by atoms with Crippen molar-refractivity contribution >= 4 is 12.2 Å². The lowest BCUT2D eigenvalue weighted by molar-refractivity contribution is 0.325. The second kappa shape index (κ2) is 9.74. The summed E-state index contributed by atoms with van der Waals surface area (Å²) in [5, 5.41) is 0. The minimum atomic E-state index is 0.549. The molecule has 0 radical (unpaired) electrons. The van der Waals surface area contributed by atoms with Crippen LogP contribution in [0.4, 0.5) is 0 Å². The van der Waals surface area contributed by atoms with Gasteiger partial charge in [0.1, 0.15) is 11.5 Å². The van der Waals surface area contributed by atoms with Crippen molar-refractivity contribution in [3.8, 4) is 39.9 Å². The quantitative estimate of drug-likeness (QED) is 0.458. The minimum Gasteiger partial charge on any atom is -0.497 e. The van der Waals surface area contributed by atoms with Gasteiger partial charge in [-0.25, -0.2) is 0 Å². The maximum absolute atomic E-state index is 5.76. The molecule has 0 saturated heterocycles. The molecule has 0 aliphatic rings. The van der Waals surface area contributed by atoms with Gasteiger partial charge in [0.15, 0.2) is 11.5 Å². The molecule has 3 rings (SSSR count). The molecule has 0 aromatic heterocycles. The number of ether oxygens (including phenoxy) is 5. The van der Waals surface area contributed by atoms with E-state index in [4.69, 9.17) is 23.7 Å². The lowest BCUT2D eigenvalue weighted by Crippen LogP contribution is -1.99. The lowest BCUT2D eigenvalue weighted by atomic mass is 9.96. The summed E-state index contributed by atoms with van der Waals surface area (Å²) >= 11 is 0. The zero-order chi connectivity index (χ0) is 21.5. The summed E-state index contributed by atoms with van der Waals surface area (Å²) < 4.78 is 27.4. The van der Waals surface area contributed by atoms with Crippen LogP contribution in [-0.2, 0) is 0 Å². The lowest BCUT2D eigenvalue weighted by Gasteiger charge is -2.19. The highest BCUT2D eigenvalue weighted by Gasteiger charge is 2.21. The van der Waals surface area contributed by atoms with Crippen molar-refractivity contribution in [3.63, 3.8) is 0 Å². The first-order chi connectivity index (χ1) is 14.6. The summed E-state index contributed by atoms with van der Waals surface area (Å²) in [6, 6.07) is 17.6. The Labute approximate surface area is 177 Å². The van der Waals surface area contributed by atoms with Gasteiger partial charge in [-0.2, -0.15) is 0 Å². The van der Waals surface area contributed by atoms with E-state index < -0.39 is 0 Å². The molecule has 0 aliphatic heterocycles. The fourth-order valence-electron chi connectivity index (χ4n) is 3.26. The predicted octanol–water partition coefficient (Wildman–Crippen LogP) is 5.57. The predicted molar refractivity (Wildman–Crippen MR) is 120 cm³/mol. The van der Waals surface area contributed by atoms with Gasteiger partial charge < -0.3 is 23.7 Å². The first-order valence-electron chi connectivity index (χ1n) is 9.44. The van der Waals surface area contributed by atoms with Gasteiger partial charge in [0.05, 0.1) is 35.5 Å². The van der Waals surface area contributed by atoms with Gasteiger partial charge in [0.25, 0.3) is 0 Å². The molecule has 0 N–H and O–H groups in total. The molecule has 156 valence electrons. The summed E-state index contributed by atoms with van der Waals surface area (Å²) in [5.41, 5.74) is 3.86. The summed E-state index contributed by atoms with van der Waals surface area (Å²) in [5.74, 6) is 3.36. The summed E-state index contributed by atoms with van der Waals surface area (Å²) in [7, 11) is 8.14. The molecule has 30 heavy (non-hydrogen) atoms. The first-order valence-corrected chi connectivity index (χ1v) is 9.44. The number of hydrogen-bond acceptors (Lipinski definition) is 5. The van der Waals surface area contributed by atoms with Gasteiger partial charge >= 0.3 is 0 Å². The highest BCUT2D eigenvalue weighted by Crippen LogP contribution is 2.47. The van der Waals surface area contributed by atoms with Crippen LogP contribution in [-0.4, -0.2) is 35.5 Å². The smallest absolute Gasteiger partial charge is 0.203 e. The van der Waals surface area contributed by atoms with E-state index in [-0.39, 0.29) is 0 Å². The molecular weight excluding hydrogens is 380 g/mol. The molecular formula is C25H26O5. The average molecular weight is 406 g/mol. The maximum atomic E-state index is 5.76. The average Bonchev–Trinajstić information content (AvgIpc) is 2.81. The van der Waals surface area contributed by atoms with Crippen molar-refractivity contribution in [3.05, 3.63) is 65.7 Å². The number of benzene rings is 3. The van der Waals surface area contributed by atoms with Gasteiger partial charge in [0.2, 0.25) is 5.75 Å². The molecule has 3 aromatic carbocycles. The van der Waals surface area contributed by atoms with Crippen LogP contribution in [0.1, 0.15) is 11.1 Å². The Kier molecular flexibility index (Phi) is 6.86. The van der Waals surface area contributed by atoms with E-state index in [1.54, 1.807) is 35.5 Å². The molecule has 5 nitrogen and oxygen atoms in total. The van der Waals surface area contributed by atoms with Crippen molar-refractivity contribution in [1.82, 2.24) is 0 Å². The standard InChI is InChI=1S/C25H26O5/c1-26-20-12-7-17(8-13-20)6-9-19-16-22(28-3)24(29-4)25(30-5)23(19)18-10-14-21(27-2)15-11-18/h6-16H,1-5H3/b9-6+. The second-order valence-corrected chi connectivity index (χ2v) is 6.44. The van der Waals surface area contributed by atoms with Crippen molar-refractivity contribution in [2.45, 2.75) is 0 Å². The Morgan fingerprint density at radius 3 is 1.63 bits per heavy atom. The van der Waals surface area contributed by atoms with Crippen molar-refractivity contribution in [2.75, 3.05) is 35.5 Å². The maximum Gasteiger partial charge on any atom is 0.203 e. The van der Waals surface area contributed by atoms with E-state index in [2.05, 4.69) is 0 Å². The third kappa shape index (κ3) is 4.35. The summed E-state index contributed by atoms with van der Waals surface area (Å²) in [6.07, 6.45) is 4.07. The Hall–Kier alpha value is -3.60. The van der Waals surface area contributed by atoms with Gasteiger partial charge in [-0.3, -0.25) is 0 Å².